The molecular formula is C13H11F3N2O2. The average molecular weight is 284 g/mol. The molecule has 0 aliphatic rings. The van der Waals surface area contributed by atoms with Crippen molar-refractivity contribution >= 4 is 11.8 Å². The lowest BCUT2D eigenvalue weighted by atomic mass is 10.1. The highest BCUT2D eigenvalue weighted by atomic mass is 19.4. The molecule has 0 saturated heterocycles. The van der Waals surface area contributed by atoms with Crippen molar-refractivity contribution in [2.75, 3.05) is 13.1 Å². The van der Waals surface area contributed by atoms with Gasteiger partial charge in [-0.2, -0.15) is 13.2 Å². The van der Waals surface area contributed by atoms with Gasteiger partial charge in [0.05, 0.1) is 18.7 Å². The van der Waals surface area contributed by atoms with Crippen LogP contribution in [0, 0.1) is 12.3 Å². The minimum Gasteiger partial charge on any atom is -0.344 e. The molecule has 1 aromatic carbocycles. The summed E-state index contributed by atoms with van der Waals surface area (Å²) in [7, 11) is 0. The van der Waals surface area contributed by atoms with Crippen molar-refractivity contribution < 1.29 is 22.8 Å². The van der Waals surface area contributed by atoms with Crippen molar-refractivity contribution in [1.82, 2.24) is 10.6 Å². The lowest BCUT2D eigenvalue weighted by Gasteiger charge is -2.08. The molecule has 0 heterocycles. The van der Waals surface area contributed by atoms with E-state index in [0.717, 1.165) is 24.3 Å². The van der Waals surface area contributed by atoms with E-state index in [0.29, 0.717) is 0 Å². The molecule has 0 atom stereocenters. The SMILES string of the molecule is C#CCNC(=O)CNC(=O)c1ccc(C(F)(F)F)cc1. The van der Waals surface area contributed by atoms with Gasteiger partial charge in [0.15, 0.2) is 0 Å². The number of alkyl halides is 3. The van der Waals surface area contributed by atoms with E-state index in [1.165, 1.54) is 0 Å². The topological polar surface area (TPSA) is 58.2 Å². The van der Waals surface area contributed by atoms with E-state index in [1.807, 2.05) is 0 Å². The van der Waals surface area contributed by atoms with E-state index < -0.39 is 23.6 Å². The van der Waals surface area contributed by atoms with Gasteiger partial charge in [-0.15, -0.1) is 6.42 Å². The summed E-state index contributed by atoms with van der Waals surface area (Å²) in [4.78, 5) is 22.7. The van der Waals surface area contributed by atoms with Crippen LogP contribution in [-0.2, 0) is 11.0 Å². The first-order chi connectivity index (χ1) is 9.34. The first-order valence-corrected chi connectivity index (χ1v) is 5.50. The number of hydrogen-bond acceptors (Lipinski definition) is 2. The highest BCUT2D eigenvalue weighted by Crippen LogP contribution is 2.28. The van der Waals surface area contributed by atoms with Crippen LogP contribution in [-0.4, -0.2) is 24.9 Å². The predicted octanol–water partition coefficient (Wildman–Crippen LogP) is 1.18. The molecule has 0 aromatic heterocycles. The maximum absolute atomic E-state index is 12.3. The van der Waals surface area contributed by atoms with Crippen molar-refractivity contribution in [3.63, 3.8) is 0 Å². The summed E-state index contributed by atoms with van der Waals surface area (Å²) in [5.41, 5.74) is -0.816. The fourth-order valence-electron chi connectivity index (χ4n) is 1.29. The summed E-state index contributed by atoms with van der Waals surface area (Å²) in [6, 6.07) is 3.68. The molecule has 0 saturated carbocycles. The highest BCUT2D eigenvalue weighted by molar-refractivity contribution is 5.96. The van der Waals surface area contributed by atoms with Crippen LogP contribution >= 0.6 is 0 Å². The number of halogens is 3. The zero-order valence-corrected chi connectivity index (χ0v) is 10.3. The minimum absolute atomic E-state index is 0.0303. The number of hydrogen-bond donors (Lipinski definition) is 2. The Bertz CT molecular complexity index is 530. The van der Waals surface area contributed by atoms with E-state index in [4.69, 9.17) is 6.42 Å². The maximum atomic E-state index is 12.3. The normalized spacial score (nSPS) is 10.5. The molecule has 0 bridgehead atoms. The van der Waals surface area contributed by atoms with Crippen LogP contribution < -0.4 is 10.6 Å². The third-order valence-electron chi connectivity index (χ3n) is 2.27. The van der Waals surface area contributed by atoms with E-state index in [9.17, 15) is 22.8 Å². The second-order valence-corrected chi connectivity index (χ2v) is 3.74. The van der Waals surface area contributed by atoms with Gasteiger partial charge in [0, 0.05) is 5.56 Å². The van der Waals surface area contributed by atoms with Gasteiger partial charge in [0.25, 0.3) is 5.91 Å². The van der Waals surface area contributed by atoms with Crippen molar-refractivity contribution in [3.8, 4) is 12.3 Å². The summed E-state index contributed by atoms with van der Waals surface area (Å²) in [5.74, 6) is 1.06. The summed E-state index contributed by atoms with van der Waals surface area (Å²) in [6.45, 7) is -0.267. The second-order valence-electron chi connectivity index (χ2n) is 3.74. The summed E-state index contributed by atoms with van der Waals surface area (Å²) in [5, 5.41) is 4.59. The lowest BCUT2D eigenvalue weighted by molar-refractivity contribution is -0.137. The van der Waals surface area contributed by atoms with Gasteiger partial charge >= 0.3 is 6.18 Å². The van der Waals surface area contributed by atoms with E-state index in [1.54, 1.807) is 0 Å². The number of nitrogens with one attached hydrogen (secondary N) is 2. The average Bonchev–Trinajstić information content (AvgIpc) is 2.41. The molecule has 0 aliphatic heterocycles. The van der Waals surface area contributed by atoms with Crippen molar-refractivity contribution in [3.05, 3.63) is 35.4 Å². The number of rotatable bonds is 4. The number of carbonyl (C=O) groups is 2. The Hall–Kier alpha value is -2.49. The Morgan fingerprint density at radius 1 is 1.15 bits per heavy atom. The van der Waals surface area contributed by atoms with Crippen LogP contribution in [0.25, 0.3) is 0 Å². The van der Waals surface area contributed by atoms with Crippen molar-refractivity contribution in [2.45, 2.75) is 6.18 Å². The molecule has 106 valence electrons. The van der Waals surface area contributed by atoms with Crippen LogP contribution in [0.2, 0.25) is 0 Å². The zero-order valence-electron chi connectivity index (χ0n) is 10.3. The van der Waals surface area contributed by atoms with Gasteiger partial charge in [0.2, 0.25) is 5.91 Å². The molecule has 1 rings (SSSR count). The molecule has 0 spiro atoms. The largest absolute Gasteiger partial charge is 0.416 e. The van der Waals surface area contributed by atoms with Gasteiger partial charge < -0.3 is 10.6 Å². The molecule has 0 unspecified atom stereocenters. The Morgan fingerprint density at radius 3 is 2.25 bits per heavy atom. The van der Waals surface area contributed by atoms with Crippen LogP contribution in [0.3, 0.4) is 0 Å². The smallest absolute Gasteiger partial charge is 0.344 e. The van der Waals surface area contributed by atoms with Crippen molar-refractivity contribution in [2.24, 2.45) is 0 Å². The molecule has 0 radical (unpaired) electrons. The fraction of sp³-hybridized carbons (Fsp3) is 0.231. The van der Waals surface area contributed by atoms with Crippen molar-refractivity contribution in [1.29, 1.82) is 0 Å². The summed E-state index contributed by atoms with van der Waals surface area (Å²) in [6.07, 6.45) is 0.475. The number of carbonyl (C=O) groups excluding carboxylic acids is 2. The first kappa shape index (κ1) is 15.6. The quantitative estimate of drug-likeness (QED) is 0.816. The lowest BCUT2D eigenvalue weighted by Crippen LogP contribution is -2.37. The van der Waals surface area contributed by atoms with Crippen LogP contribution in [0.5, 0.6) is 0 Å². The number of terminal acetylenes is 1. The van der Waals surface area contributed by atoms with Gasteiger partial charge in [-0.3, -0.25) is 9.59 Å². The van der Waals surface area contributed by atoms with Crippen LogP contribution in [0.15, 0.2) is 24.3 Å². The first-order valence-electron chi connectivity index (χ1n) is 5.50. The van der Waals surface area contributed by atoms with Crippen LogP contribution in [0.1, 0.15) is 15.9 Å². The van der Waals surface area contributed by atoms with Gasteiger partial charge in [-0.05, 0) is 24.3 Å². The van der Waals surface area contributed by atoms with Crippen LogP contribution in [0.4, 0.5) is 13.2 Å². The van der Waals surface area contributed by atoms with E-state index in [2.05, 4.69) is 16.6 Å². The zero-order chi connectivity index (χ0) is 15.2. The summed E-state index contributed by atoms with van der Waals surface area (Å²) >= 11 is 0. The van der Waals surface area contributed by atoms with Gasteiger partial charge in [-0.1, -0.05) is 5.92 Å². The Kier molecular flexibility index (Phi) is 5.15. The molecule has 2 amide bonds. The molecule has 0 fully saturated rings. The Labute approximate surface area is 113 Å². The third-order valence-corrected chi connectivity index (χ3v) is 2.27. The third kappa shape index (κ3) is 4.65. The molecule has 0 aliphatic carbocycles. The molecule has 7 heteroatoms. The van der Waals surface area contributed by atoms with E-state index in [-0.39, 0.29) is 18.7 Å². The van der Waals surface area contributed by atoms with Gasteiger partial charge in [-0.25, -0.2) is 0 Å². The molecule has 20 heavy (non-hydrogen) atoms. The number of benzene rings is 1. The Balaban J connectivity index is 2.57. The minimum atomic E-state index is -4.45. The molecular weight excluding hydrogens is 273 g/mol. The fourth-order valence-corrected chi connectivity index (χ4v) is 1.29. The standard InChI is InChI=1S/C13H11F3N2O2/c1-2-7-17-11(19)8-18-12(20)9-3-5-10(6-4-9)13(14,15)16/h1,3-6H,7-8H2,(H,17,19)(H,18,20). The molecule has 4 nitrogen and oxygen atoms in total. The maximum Gasteiger partial charge on any atom is 0.416 e. The van der Waals surface area contributed by atoms with Gasteiger partial charge in [0.1, 0.15) is 0 Å². The predicted molar refractivity (Wildman–Crippen MR) is 65.6 cm³/mol. The number of amides is 2. The summed E-state index contributed by atoms with van der Waals surface area (Å²) < 4.78 is 37.0. The van der Waals surface area contributed by atoms with E-state index >= 15 is 0 Å². The molecule has 2 N–H and O–H groups in total. The second kappa shape index (κ2) is 6.61. The Morgan fingerprint density at radius 2 is 1.75 bits per heavy atom. The molecule has 1 aromatic rings. The highest BCUT2D eigenvalue weighted by Gasteiger charge is 2.30. The monoisotopic (exact) mass is 284 g/mol.